The first-order chi connectivity index (χ1) is 5.18. The van der Waals surface area contributed by atoms with Crippen LogP contribution in [0.4, 0.5) is 0 Å². The summed E-state index contributed by atoms with van der Waals surface area (Å²) in [7, 11) is 0. The molecule has 4 heteroatoms. The lowest BCUT2D eigenvalue weighted by atomic mass is 10.3. The molecule has 1 saturated heterocycles. The topological polar surface area (TPSA) is 66.6 Å². The average molecular weight is 156 g/mol. The lowest BCUT2D eigenvalue weighted by Crippen LogP contribution is -2.23. The third kappa shape index (κ3) is 2.59. The van der Waals surface area contributed by atoms with Gasteiger partial charge in [-0.3, -0.25) is 0 Å². The zero-order valence-corrected chi connectivity index (χ0v) is 6.23. The molecule has 1 unspecified atom stereocenters. The lowest BCUT2D eigenvalue weighted by molar-refractivity contribution is -0.131. The Bertz CT molecular complexity index is 179. The molecule has 1 atom stereocenters. The van der Waals surface area contributed by atoms with Gasteiger partial charge in [-0.05, 0) is 6.42 Å². The van der Waals surface area contributed by atoms with E-state index in [-0.39, 0.29) is 6.04 Å². The Morgan fingerprint density at radius 3 is 2.91 bits per heavy atom. The molecule has 62 valence electrons. The van der Waals surface area contributed by atoms with E-state index >= 15 is 0 Å². The largest absolute Gasteiger partial charge is 0.478 e. The van der Waals surface area contributed by atoms with Crippen LogP contribution in [-0.4, -0.2) is 35.1 Å². The first kappa shape index (κ1) is 8.07. The van der Waals surface area contributed by atoms with E-state index in [0.29, 0.717) is 0 Å². The quantitative estimate of drug-likeness (QED) is 0.535. The van der Waals surface area contributed by atoms with E-state index in [2.05, 4.69) is 0 Å². The number of hydrogen-bond donors (Lipinski definition) is 2. The van der Waals surface area contributed by atoms with Crippen molar-refractivity contribution in [3.8, 4) is 0 Å². The molecule has 11 heavy (non-hydrogen) atoms. The van der Waals surface area contributed by atoms with Crippen molar-refractivity contribution in [3.05, 3.63) is 12.3 Å². The van der Waals surface area contributed by atoms with Crippen molar-refractivity contribution in [1.82, 2.24) is 4.90 Å². The van der Waals surface area contributed by atoms with Gasteiger partial charge >= 0.3 is 5.97 Å². The van der Waals surface area contributed by atoms with Gasteiger partial charge in [0, 0.05) is 31.4 Å². The molecule has 1 rings (SSSR count). The van der Waals surface area contributed by atoms with Crippen LogP contribution >= 0.6 is 0 Å². The van der Waals surface area contributed by atoms with Crippen LogP contribution in [0.2, 0.25) is 0 Å². The van der Waals surface area contributed by atoms with Crippen LogP contribution in [0.1, 0.15) is 6.42 Å². The van der Waals surface area contributed by atoms with Crippen LogP contribution in [0, 0.1) is 0 Å². The molecule has 0 radical (unpaired) electrons. The Balaban J connectivity index is 2.33. The minimum absolute atomic E-state index is 0.202. The molecule has 4 nitrogen and oxygen atoms in total. The highest BCUT2D eigenvalue weighted by Crippen LogP contribution is 2.06. The second-order valence-corrected chi connectivity index (χ2v) is 2.70. The van der Waals surface area contributed by atoms with Gasteiger partial charge in [-0.2, -0.15) is 0 Å². The van der Waals surface area contributed by atoms with Crippen molar-refractivity contribution in [2.24, 2.45) is 5.73 Å². The molecule has 0 amide bonds. The highest BCUT2D eigenvalue weighted by molar-refractivity contribution is 5.79. The number of likely N-dealkylation sites (tertiary alicyclic amines) is 1. The van der Waals surface area contributed by atoms with Gasteiger partial charge in [-0.25, -0.2) is 4.79 Å². The van der Waals surface area contributed by atoms with Gasteiger partial charge in [0.05, 0.1) is 0 Å². The van der Waals surface area contributed by atoms with Gasteiger partial charge in [0.1, 0.15) is 0 Å². The number of aliphatic carboxylic acids is 1. The summed E-state index contributed by atoms with van der Waals surface area (Å²) in [5.74, 6) is -0.912. The molecule has 0 aliphatic carbocycles. The van der Waals surface area contributed by atoms with Gasteiger partial charge in [-0.1, -0.05) is 0 Å². The SMILES string of the molecule is NC1CCN(C=CC(=O)O)C1. The molecular formula is C7H12N2O2. The molecular weight excluding hydrogens is 144 g/mol. The number of nitrogens with zero attached hydrogens (tertiary/aromatic N) is 1. The number of carboxylic acids is 1. The van der Waals surface area contributed by atoms with Crippen molar-refractivity contribution < 1.29 is 9.90 Å². The predicted molar refractivity (Wildman–Crippen MR) is 40.9 cm³/mol. The first-order valence-corrected chi connectivity index (χ1v) is 3.59. The number of carboxylic acid groups (broad SMARTS) is 1. The summed E-state index contributed by atoms with van der Waals surface area (Å²) in [4.78, 5) is 12.0. The average Bonchev–Trinajstić information content (AvgIpc) is 2.31. The maximum Gasteiger partial charge on any atom is 0.329 e. The van der Waals surface area contributed by atoms with E-state index in [1.54, 1.807) is 6.20 Å². The Kier molecular flexibility index (Phi) is 2.48. The lowest BCUT2D eigenvalue weighted by Gasteiger charge is -2.09. The summed E-state index contributed by atoms with van der Waals surface area (Å²) >= 11 is 0. The van der Waals surface area contributed by atoms with E-state index in [9.17, 15) is 4.79 Å². The third-order valence-corrected chi connectivity index (χ3v) is 1.68. The summed E-state index contributed by atoms with van der Waals surface area (Å²) in [6.07, 6.45) is 3.66. The third-order valence-electron chi connectivity index (χ3n) is 1.68. The van der Waals surface area contributed by atoms with E-state index in [1.807, 2.05) is 4.90 Å². The minimum atomic E-state index is -0.912. The molecule has 0 aromatic rings. The van der Waals surface area contributed by atoms with E-state index < -0.39 is 5.97 Å². The highest BCUT2D eigenvalue weighted by Gasteiger charge is 2.15. The molecule has 0 spiro atoms. The van der Waals surface area contributed by atoms with Crippen LogP contribution in [0.25, 0.3) is 0 Å². The first-order valence-electron chi connectivity index (χ1n) is 3.59. The summed E-state index contributed by atoms with van der Waals surface area (Å²) in [5, 5.41) is 8.29. The fourth-order valence-electron chi connectivity index (χ4n) is 1.12. The Labute approximate surface area is 65.3 Å². The van der Waals surface area contributed by atoms with Crippen LogP contribution in [0.15, 0.2) is 12.3 Å². The maximum absolute atomic E-state index is 10.1. The van der Waals surface area contributed by atoms with Crippen LogP contribution in [-0.2, 0) is 4.79 Å². The molecule has 0 bridgehead atoms. The van der Waals surface area contributed by atoms with Gasteiger partial charge in [0.15, 0.2) is 0 Å². The van der Waals surface area contributed by atoms with E-state index in [4.69, 9.17) is 10.8 Å². The number of rotatable bonds is 2. The fraction of sp³-hybridized carbons (Fsp3) is 0.571. The van der Waals surface area contributed by atoms with Gasteiger partial charge in [0.2, 0.25) is 0 Å². The zero-order valence-electron chi connectivity index (χ0n) is 6.23. The van der Waals surface area contributed by atoms with Crippen LogP contribution in [0.3, 0.4) is 0 Å². The number of nitrogens with two attached hydrogens (primary N) is 1. The second kappa shape index (κ2) is 3.39. The molecule has 0 saturated carbocycles. The number of carbonyl (C=O) groups is 1. The smallest absolute Gasteiger partial charge is 0.329 e. The van der Waals surface area contributed by atoms with Crippen LogP contribution < -0.4 is 5.73 Å². The van der Waals surface area contributed by atoms with Gasteiger partial charge in [-0.15, -0.1) is 0 Å². The molecule has 1 aliphatic heterocycles. The Morgan fingerprint density at radius 2 is 2.45 bits per heavy atom. The van der Waals surface area contributed by atoms with Crippen molar-refractivity contribution in [1.29, 1.82) is 0 Å². The van der Waals surface area contributed by atoms with E-state index in [0.717, 1.165) is 25.6 Å². The monoisotopic (exact) mass is 156 g/mol. The van der Waals surface area contributed by atoms with E-state index in [1.165, 1.54) is 0 Å². The van der Waals surface area contributed by atoms with Crippen molar-refractivity contribution in [3.63, 3.8) is 0 Å². The van der Waals surface area contributed by atoms with Crippen LogP contribution in [0.5, 0.6) is 0 Å². The molecule has 0 aromatic heterocycles. The highest BCUT2D eigenvalue weighted by atomic mass is 16.4. The summed E-state index contributed by atoms with van der Waals surface area (Å²) < 4.78 is 0. The Hall–Kier alpha value is -1.03. The molecule has 3 N–H and O–H groups in total. The van der Waals surface area contributed by atoms with Gasteiger partial charge < -0.3 is 15.7 Å². The standard InChI is InChI=1S/C7H12N2O2/c8-6-1-3-9(5-6)4-2-7(10)11/h2,4,6H,1,3,5,8H2,(H,10,11). The Morgan fingerprint density at radius 1 is 1.73 bits per heavy atom. The van der Waals surface area contributed by atoms with Crippen molar-refractivity contribution in [2.75, 3.05) is 13.1 Å². The molecule has 0 aromatic carbocycles. The number of hydrogen-bond acceptors (Lipinski definition) is 3. The van der Waals surface area contributed by atoms with Crippen molar-refractivity contribution in [2.45, 2.75) is 12.5 Å². The van der Waals surface area contributed by atoms with Gasteiger partial charge in [0.25, 0.3) is 0 Å². The summed E-state index contributed by atoms with van der Waals surface area (Å²) in [6, 6.07) is 0.202. The zero-order chi connectivity index (χ0) is 8.27. The second-order valence-electron chi connectivity index (χ2n) is 2.70. The summed E-state index contributed by atoms with van der Waals surface area (Å²) in [6.45, 7) is 1.63. The molecule has 1 aliphatic rings. The maximum atomic E-state index is 10.1. The van der Waals surface area contributed by atoms with Crippen molar-refractivity contribution >= 4 is 5.97 Å². The molecule has 1 fully saturated rings. The fourth-order valence-corrected chi connectivity index (χ4v) is 1.12. The minimum Gasteiger partial charge on any atom is -0.478 e. The molecule has 1 heterocycles. The predicted octanol–water partition coefficient (Wildman–Crippen LogP) is -0.382. The summed E-state index contributed by atoms with van der Waals surface area (Å²) in [5.41, 5.74) is 5.61. The normalized spacial score (nSPS) is 24.8.